The van der Waals surface area contributed by atoms with E-state index >= 15 is 0 Å². The van der Waals surface area contributed by atoms with Gasteiger partial charge in [-0.2, -0.15) is 0 Å². The van der Waals surface area contributed by atoms with Crippen LogP contribution in [0.15, 0.2) is 42.5 Å². The number of ketones is 1. The number of para-hydroxylation sites is 1. The number of carbonyl (C=O) groups excluding carboxylic acids is 2. The summed E-state index contributed by atoms with van der Waals surface area (Å²) in [6.45, 7) is 3.49. The molecule has 0 bridgehead atoms. The molecule has 0 amide bonds. The van der Waals surface area contributed by atoms with Crippen LogP contribution in [0.1, 0.15) is 33.2 Å². The molecule has 0 N–H and O–H groups in total. The minimum absolute atomic E-state index is 0.209. The number of rotatable bonds is 6. The summed E-state index contributed by atoms with van der Waals surface area (Å²) in [6.07, 6.45) is -0.906. The number of methoxy groups -OCH3 is 2. The summed E-state index contributed by atoms with van der Waals surface area (Å²) in [4.78, 5) is 24.8. The van der Waals surface area contributed by atoms with Gasteiger partial charge in [0.2, 0.25) is 5.78 Å². The van der Waals surface area contributed by atoms with E-state index in [0.29, 0.717) is 11.3 Å². The van der Waals surface area contributed by atoms with Crippen LogP contribution in [0.2, 0.25) is 0 Å². The summed E-state index contributed by atoms with van der Waals surface area (Å²) >= 11 is 0. The van der Waals surface area contributed by atoms with Crippen molar-refractivity contribution in [3.8, 4) is 11.5 Å². The van der Waals surface area contributed by atoms with Crippen LogP contribution in [-0.4, -0.2) is 32.1 Å². The van der Waals surface area contributed by atoms with Gasteiger partial charge in [-0.25, -0.2) is 4.79 Å². The summed E-state index contributed by atoms with van der Waals surface area (Å²) in [5, 5.41) is 0. The van der Waals surface area contributed by atoms with Crippen LogP contribution in [0, 0.1) is 6.92 Å². The number of benzene rings is 2. The van der Waals surface area contributed by atoms with Gasteiger partial charge in [0.1, 0.15) is 5.56 Å². The van der Waals surface area contributed by atoms with E-state index < -0.39 is 12.1 Å². The van der Waals surface area contributed by atoms with Crippen LogP contribution >= 0.6 is 0 Å². The molecule has 1 atom stereocenters. The fourth-order valence-electron chi connectivity index (χ4n) is 2.28. The molecule has 0 fully saturated rings. The van der Waals surface area contributed by atoms with Crippen molar-refractivity contribution in [2.75, 3.05) is 14.2 Å². The maximum atomic E-state index is 12.4. The predicted octanol–water partition coefficient (Wildman–Crippen LogP) is 3.44. The van der Waals surface area contributed by atoms with Crippen molar-refractivity contribution < 1.29 is 23.8 Å². The van der Waals surface area contributed by atoms with Gasteiger partial charge in [-0.05, 0) is 26.0 Å². The van der Waals surface area contributed by atoms with Crippen molar-refractivity contribution in [1.29, 1.82) is 0 Å². The molecule has 0 aromatic heterocycles. The maximum Gasteiger partial charge on any atom is 0.342 e. The largest absolute Gasteiger partial charge is 0.493 e. The molecule has 0 aliphatic heterocycles. The zero-order valence-electron chi connectivity index (χ0n) is 14.2. The highest BCUT2D eigenvalue weighted by Gasteiger charge is 2.23. The minimum atomic E-state index is -0.906. The van der Waals surface area contributed by atoms with Crippen molar-refractivity contribution in [2.24, 2.45) is 0 Å². The molecule has 0 unspecified atom stereocenters. The number of hydrogen-bond donors (Lipinski definition) is 0. The number of Topliss-reactive ketones (excluding diaryl/α,β-unsaturated/α-hetero) is 1. The van der Waals surface area contributed by atoms with Gasteiger partial charge in [-0.1, -0.05) is 35.9 Å². The number of aryl methyl sites for hydroxylation is 1. The Hall–Kier alpha value is -2.82. The lowest BCUT2D eigenvalue weighted by Gasteiger charge is -2.15. The van der Waals surface area contributed by atoms with Crippen molar-refractivity contribution >= 4 is 11.8 Å². The predicted molar refractivity (Wildman–Crippen MR) is 89.9 cm³/mol. The van der Waals surface area contributed by atoms with Gasteiger partial charge < -0.3 is 14.2 Å². The van der Waals surface area contributed by atoms with Gasteiger partial charge >= 0.3 is 5.97 Å². The quantitative estimate of drug-likeness (QED) is 0.600. The molecule has 126 valence electrons. The second-order valence-electron chi connectivity index (χ2n) is 5.32. The number of hydrogen-bond acceptors (Lipinski definition) is 5. The molecule has 0 spiro atoms. The maximum absolute atomic E-state index is 12.4. The molecule has 24 heavy (non-hydrogen) atoms. The third-order valence-corrected chi connectivity index (χ3v) is 3.61. The SMILES string of the molecule is COc1cccc(C(=O)O[C@H](C)C(=O)c2ccc(C)cc2)c1OC. The molecule has 2 aromatic rings. The first kappa shape index (κ1) is 17.5. The molecular weight excluding hydrogens is 308 g/mol. The van der Waals surface area contributed by atoms with Crippen LogP contribution in [0.5, 0.6) is 11.5 Å². The van der Waals surface area contributed by atoms with Crippen LogP contribution in [0.3, 0.4) is 0 Å². The average Bonchev–Trinajstić information content (AvgIpc) is 2.60. The highest BCUT2D eigenvalue weighted by molar-refractivity contribution is 6.02. The summed E-state index contributed by atoms with van der Waals surface area (Å²) in [5.74, 6) is -0.201. The van der Waals surface area contributed by atoms with Gasteiger partial charge in [0, 0.05) is 5.56 Å². The van der Waals surface area contributed by atoms with Gasteiger partial charge in [0.05, 0.1) is 14.2 Å². The first-order chi connectivity index (χ1) is 11.5. The Morgan fingerprint density at radius 3 is 2.21 bits per heavy atom. The van der Waals surface area contributed by atoms with E-state index in [1.807, 2.05) is 19.1 Å². The standard InChI is InChI=1S/C19H20O5/c1-12-8-10-14(11-9-12)17(20)13(2)24-19(21)15-6-5-7-16(22-3)18(15)23-4/h5-11,13H,1-4H3/t13-/m1/s1. The van der Waals surface area contributed by atoms with E-state index in [9.17, 15) is 9.59 Å². The van der Waals surface area contributed by atoms with Gasteiger partial charge in [-0.3, -0.25) is 4.79 Å². The van der Waals surface area contributed by atoms with Crippen molar-refractivity contribution in [2.45, 2.75) is 20.0 Å². The van der Waals surface area contributed by atoms with Crippen LogP contribution < -0.4 is 9.47 Å². The summed E-state index contributed by atoms with van der Waals surface area (Å²) < 4.78 is 15.7. The highest BCUT2D eigenvalue weighted by atomic mass is 16.6. The minimum Gasteiger partial charge on any atom is -0.493 e. The van der Waals surface area contributed by atoms with Crippen molar-refractivity contribution in [3.05, 3.63) is 59.2 Å². The first-order valence-corrected chi connectivity index (χ1v) is 7.50. The Morgan fingerprint density at radius 1 is 0.958 bits per heavy atom. The van der Waals surface area contributed by atoms with E-state index in [-0.39, 0.29) is 17.1 Å². The van der Waals surface area contributed by atoms with E-state index in [1.165, 1.54) is 14.2 Å². The van der Waals surface area contributed by atoms with E-state index in [2.05, 4.69) is 0 Å². The van der Waals surface area contributed by atoms with E-state index in [4.69, 9.17) is 14.2 Å². The lowest BCUT2D eigenvalue weighted by atomic mass is 10.1. The number of carbonyl (C=O) groups is 2. The van der Waals surface area contributed by atoms with Crippen LogP contribution in [0.4, 0.5) is 0 Å². The molecule has 0 radical (unpaired) electrons. The topological polar surface area (TPSA) is 61.8 Å². The Bertz CT molecular complexity index is 734. The van der Waals surface area contributed by atoms with Gasteiger partial charge in [0.15, 0.2) is 17.6 Å². The van der Waals surface area contributed by atoms with Crippen LogP contribution in [0.25, 0.3) is 0 Å². The fraction of sp³-hybridized carbons (Fsp3) is 0.263. The van der Waals surface area contributed by atoms with Crippen LogP contribution in [-0.2, 0) is 4.74 Å². The first-order valence-electron chi connectivity index (χ1n) is 7.50. The molecule has 0 saturated heterocycles. The molecule has 2 rings (SSSR count). The summed E-state index contributed by atoms with van der Waals surface area (Å²) in [5.41, 5.74) is 1.76. The second-order valence-corrected chi connectivity index (χ2v) is 5.32. The fourth-order valence-corrected chi connectivity index (χ4v) is 2.28. The van der Waals surface area contributed by atoms with E-state index in [0.717, 1.165) is 5.56 Å². The molecule has 0 heterocycles. The third-order valence-electron chi connectivity index (χ3n) is 3.61. The third kappa shape index (κ3) is 3.74. The summed E-state index contributed by atoms with van der Waals surface area (Å²) in [7, 11) is 2.92. The molecule has 0 aliphatic carbocycles. The zero-order chi connectivity index (χ0) is 17.7. The smallest absolute Gasteiger partial charge is 0.342 e. The molecule has 0 saturated carbocycles. The molecule has 0 aliphatic rings. The average molecular weight is 328 g/mol. The van der Waals surface area contributed by atoms with Gasteiger partial charge in [-0.15, -0.1) is 0 Å². The normalized spacial score (nSPS) is 11.5. The Labute approximate surface area is 141 Å². The molecule has 2 aromatic carbocycles. The monoisotopic (exact) mass is 328 g/mol. The Balaban J connectivity index is 2.17. The molecule has 5 heteroatoms. The van der Waals surface area contributed by atoms with E-state index in [1.54, 1.807) is 37.3 Å². The molecular formula is C19H20O5. The number of ether oxygens (including phenoxy) is 3. The van der Waals surface area contributed by atoms with Crippen molar-refractivity contribution in [1.82, 2.24) is 0 Å². The number of esters is 1. The summed E-state index contributed by atoms with van der Waals surface area (Å²) in [6, 6.07) is 12.0. The van der Waals surface area contributed by atoms with Crippen molar-refractivity contribution in [3.63, 3.8) is 0 Å². The Morgan fingerprint density at radius 2 is 1.62 bits per heavy atom. The lowest BCUT2D eigenvalue weighted by molar-refractivity contribution is 0.0315. The second kappa shape index (κ2) is 7.64. The Kier molecular flexibility index (Phi) is 5.58. The molecule has 5 nitrogen and oxygen atoms in total. The van der Waals surface area contributed by atoms with Gasteiger partial charge in [0.25, 0.3) is 0 Å². The zero-order valence-corrected chi connectivity index (χ0v) is 14.2. The highest BCUT2D eigenvalue weighted by Crippen LogP contribution is 2.31. The lowest BCUT2D eigenvalue weighted by Crippen LogP contribution is -2.24.